The summed E-state index contributed by atoms with van der Waals surface area (Å²) in [5, 5.41) is 21.5. The lowest BCUT2D eigenvalue weighted by Gasteiger charge is -2.59. The quantitative estimate of drug-likeness (QED) is 0.511. The Hall–Kier alpha value is -0.340. The van der Waals surface area contributed by atoms with Crippen LogP contribution in [0, 0.1) is 40.4 Å². The highest BCUT2D eigenvalue weighted by molar-refractivity contribution is 5.28. The summed E-state index contributed by atoms with van der Waals surface area (Å²) in [7, 11) is 0. The van der Waals surface area contributed by atoms with Crippen LogP contribution in [-0.4, -0.2) is 21.9 Å². The van der Waals surface area contributed by atoms with Gasteiger partial charge in [0.05, 0.1) is 11.7 Å². The lowest BCUT2D eigenvalue weighted by molar-refractivity contribution is -0.0876. The first-order valence-electron chi connectivity index (χ1n) is 11.6. The molecule has 0 aromatic rings. The van der Waals surface area contributed by atoms with Gasteiger partial charge in [0.25, 0.3) is 0 Å². The van der Waals surface area contributed by atoms with Crippen molar-refractivity contribution in [2.75, 3.05) is 0 Å². The van der Waals surface area contributed by atoms with E-state index in [0.29, 0.717) is 17.8 Å². The van der Waals surface area contributed by atoms with E-state index in [1.165, 1.54) is 31.3 Å². The Labute approximate surface area is 167 Å². The maximum atomic E-state index is 10.9. The molecule has 9 unspecified atom stereocenters. The van der Waals surface area contributed by atoms with E-state index in [1.54, 1.807) is 0 Å². The molecule has 9 atom stereocenters. The van der Waals surface area contributed by atoms with Crippen LogP contribution in [0.1, 0.15) is 93.4 Å². The molecule has 0 saturated heterocycles. The number of fused-ring (bicyclic) bond motifs is 5. The fraction of sp³-hybridized carbons (Fsp3) is 0.920. The van der Waals surface area contributed by atoms with Crippen molar-refractivity contribution in [3.8, 4) is 0 Å². The molecule has 0 amide bonds. The lowest BCUT2D eigenvalue weighted by atomic mass is 9.46. The van der Waals surface area contributed by atoms with Crippen molar-refractivity contribution in [2.24, 2.45) is 40.4 Å². The summed E-state index contributed by atoms with van der Waals surface area (Å²) in [6, 6.07) is 0. The predicted octanol–water partition coefficient (Wildman–Crippen LogP) is 5.97. The SMILES string of the molecule is CC1C(C)C2C3CCC4=CC(C)(O)CCC4(C)C3CCC2(C)C1O.CCC. The summed E-state index contributed by atoms with van der Waals surface area (Å²) in [5.41, 5.74) is 1.33. The van der Waals surface area contributed by atoms with Crippen molar-refractivity contribution in [2.45, 2.75) is 105 Å². The van der Waals surface area contributed by atoms with E-state index in [2.05, 4.69) is 47.6 Å². The molecule has 4 aliphatic rings. The molecular formula is C25H44O2. The van der Waals surface area contributed by atoms with Crippen molar-refractivity contribution in [3.05, 3.63) is 11.6 Å². The minimum Gasteiger partial charge on any atom is -0.392 e. The standard InChI is InChI=1S/C22H36O2.C3H8/c1-13-14(2)19(23)22(5)9-8-17-16(18(13)22)7-6-15-12-20(3,24)10-11-21(15,17)4;1-3-2/h12-14,16-19,23-24H,6-11H2,1-5H3;3H2,1-2H3. The van der Waals surface area contributed by atoms with Crippen LogP contribution in [0.3, 0.4) is 0 Å². The van der Waals surface area contributed by atoms with Gasteiger partial charge in [-0.3, -0.25) is 0 Å². The van der Waals surface area contributed by atoms with Crippen LogP contribution < -0.4 is 0 Å². The zero-order valence-electron chi connectivity index (χ0n) is 18.9. The minimum absolute atomic E-state index is 0.123. The van der Waals surface area contributed by atoms with Crippen LogP contribution in [0.15, 0.2) is 11.6 Å². The van der Waals surface area contributed by atoms with Gasteiger partial charge in [0.15, 0.2) is 0 Å². The maximum absolute atomic E-state index is 10.9. The molecular weight excluding hydrogens is 332 g/mol. The molecule has 2 nitrogen and oxygen atoms in total. The first-order valence-corrected chi connectivity index (χ1v) is 11.6. The molecule has 156 valence electrons. The van der Waals surface area contributed by atoms with Crippen molar-refractivity contribution in [3.63, 3.8) is 0 Å². The summed E-state index contributed by atoms with van der Waals surface area (Å²) < 4.78 is 0. The van der Waals surface area contributed by atoms with E-state index >= 15 is 0 Å². The van der Waals surface area contributed by atoms with Gasteiger partial charge in [-0.1, -0.05) is 59.6 Å². The van der Waals surface area contributed by atoms with Gasteiger partial charge >= 0.3 is 0 Å². The van der Waals surface area contributed by atoms with Crippen molar-refractivity contribution >= 4 is 0 Å². The van der Waals surface area contributed by atoms with Gasteiger partial charge in [0.1, 0.15) is 0 Å². The van der Waals surface area contributed by atoms with Crippen molar-refractivity contribution in [1.29, 1.82) is 0 Å². The van der Waals surface area contributed by atoms with Crippen LogP contribution in [0.2, 0.25) is 0 Å². The number of hydrogen-bond donors (Lipinski definition) is 2. The second-order valence-electron chi connectivity index (χ2n) is 11.2. The average molecular weight is 377 g/mol. The van der Waals surface area contributed by atoms with Gasteiger partial charge in [0, 0.05) is 0 Å². The Balaban J connectivity index is 0.000000659. The fourth-order valence-corrected chi connectivity index (χ4v) is 7.70. The van der Waals surface area contributed by atoms with E-state index in [0.717, 1.165) is 31.1 Å². The highest BCUT2D eigenvalue weighted by Crippen LogP contribution is 2.67. The molecule has 0 aromatic carbocycles. The third-order valence-electron chi connectivity index (χ3n) is 9.24. The Morgan fingerprint density at radius 1 is 1.00 bits per heavy atom. The molecule has 4 aliphatic carbocycles. The highest BCUT2D eigenvalue weighted by Gasteiger charge is 2.63. The summed E-state index contributed by atoms with van der Waals surface area (Å²) in [4.78, 5) is 0. The number of rotatable bonds is 0. The first kappa shape index (κ1) is 21.4. The van der Waals surface area contributed by atoms with E-state index in [4.69, 9.17) is 0 Å². The molecule has 0 spiro atoms. The largest absolute Gasteiger partial charge is 0.392 e. The van der Waals surface area contributed by atoms with E-state index < -0.39 is 5.60 Å². The Kier molecular flexibility index (Phi) is 5.67. The normalized spacial score (nSPS) is 54.0. The third-order valence-corrected chi connectivity index (χ3v) is 9.24. The summed E-state index contributed by atoms with van der Waals surface area (Å²) >= 11 is 0. The van der Waals surface area contributed by atoms with Gasteiger partial charge in [-0.25, -0.2) is 0 Å². The average Bonchev–Trinajstić information content (AvgIpc) is 2.77. The van der Waals surface area contributed by atoms with Gasteiger partial charge in [0.2, 0.25) is 0 Å². The number of hydrogen-bond acceptors (Lipinski definition) is 2. The molecule has 2 heteroatoms. The molecule has 3 fully saturated rings. The van der Waals surface area contributed by atoms with Crippen LogP contribution >= 0.6 is 0 Å². The zero-order valence-corrected chi connectivity index (χ0v) is 18.9. The smallest absolute Gasteiger partial charge is 0.0802 e. The molecule has 3 saturated carbocycles. The van der Waals surface area contributed by atoms with Crippen LogP contribution in [0.5, 0.6) is 0 Å². The number of allylic oxidation sites excluding steroid dienone is 1. The minimum atomic E-state index is -0.601. The van der Waals surface area contributed by atoms with Gasteiger partial charge in [-0.05, 0) is 85.9 Å². The summed E-state index contributed by atoms with van der Waals surface area (Å²) in [6.45, 7) is 15.7. The van der Waals surface area contributed by atoms with Gasteiger partial charge < -0.3 is 10.2 Å². The second-order valence-corrected chi connectivity index (χ2v) is 11.2. The van der Waals surface area contributed by atoms with Crippen molar-refractivity contribution < 1.29 is 10.2 Å². The van der Waals surface area contributed by atoms with Crippen molar-refractivity contribution in [1.82, 2.24) is 0 Å². The first-order chi connectivity index (χ1) is 12.5. The van der Waals surface area contributed by atoms with Crippen LogP contribution in [0.4, 0.5) is 0 Å². The molecule has 0 radical (unpaired) electrons. The lowest BCUT2D eigenvalue weighted by Crippen LogP contribution is -2.52. The summed E-state index contributed by atoms with van der Waals surface area (Å²) in [6.07, 6.45) is 10.2. The molecule has 4 rings (SSSR count). The van der Waals surface area contributed by atoms with Gasteiger partial charge in [-0.15, -0.1) is 0 Å². The van der Waals surface area contributed by atoms with Gasteiger partial charge in [-0.2, -0.15) is 0 Å². The van der Waals surface area contributed by atoms with E-state index in [-0.39, 0.29) is 16.9 Å². The number of aliphatic hydroxyl groups excluding tert-OH is 1. The molecule has 0 heterocycles. The molecule has 0 aliphatic heterocycles. The Morgan fingerprint density at radius 2 is 1.63 bits per heavy atom. The maximum Gasteiger partial charge on any atom is 0.0802 e. The Bertz CT molecular complexity index is 579. The van der Waals surface area contributed by atoms with E-state index in [9.17, 15) is 10.2 Å². The monoisotopic (exact) mass is 376 g/mol. The van der Waals surface area contributed by atoms with E-state index in [1.807, 2.05) is 6.92 Å². The topological polar surface area (TPSA) is 40.5 Å². The molecule has 2 N–H and O–H groups in total. The molecule has 0 aromatic heterocycles. The van der Waals surface area contributed by atoms with Crippen LogP contribution in [-0.2, 0) is 0 Å². The van der Waals surface area contributed by atoms with Crippen LogP contribution in [0.25, 0.3) is 0 Å². The Morgan fingerprint density at radius 3 is 2.26 bits per heavy atom. The highest BCUT2D eigenvalue weighted by atomic mass is 16.3. The third kappa shape index (κ3) is 3.23. The molecule has 0 bridgehead atoms. The summed E-state index contributed by atoms with van der Waals surface area (Å²) in [5.74, 6) is 3.21. The second kappa shape index (κ2) is 7.17. The molecule has 27 heavy (non-hydrogen) atoms. The zero-order chi connectivity index (χ0) is 20.2. The predicted molar refractivity (Wildman–Crippen MR) is 113 cm³/mol. The number of aliphatic hydroxyl groups is 2. The fourth-order valence-electron chi connectivity index (χ4n) is 7.70.